The van der Waals surface area contributed by atoms with Gasteiger partial charge in [0.1, 0.15) is 4.21 Å². The standard InChI is InChI=1S/C16H18N2O5S2/c1-11(19)17-10-9-12-7-8-15(24-12)25(22,23)18(2)14-6-4-3-5-13(14)16(20)21/h3-8H,9-10H2,1-2H3,(H,17,19)(H,20,21). The van der Waals surface area contributed by atoms with Gasteiger partial charge in [0, 0.05) is 25.4 Å². The SMILES string of the molecule is CC(=O)NCCc1ccc(S(=O)(=O)N(C)c2ccccc2C(=O)O)s1. The first-order valence-electron chi connectivity index (χ1n) is 7.38. The number of carboxylic acid groups (broad SMARTS) is 1. The van der Waals surface area contributed by atoms with Crippen molar-refractivity contribution in [2.75, 3.05) is 17.9 Å². The number of carboxylic acids is 1. The molecule has 0 aliphatic carbocycles. The lowest BCUT2D eigenvalue weighted by molar-refractivity contribution is -0.118. The fourth-order valence-electron chi connectivity index (χ4n) is 2.19. The summed E-state index contributed by atoms with van der Waals surface area (Å²) in [5, 5.41) is 11.9. The maximum atomic E-state index is 12.8. The van der Waals surface area contributed by atoms with Gasteiger partial charge in [-0.25, -0.2) is 13.2 Å². The molecule has 0 radical (unpaired) electrons. The highest BCUT2D eigenvalue weighted by molar-refractivity contribution is 7.94. The van der Waals surface area contributed by atoms with Crippen LogP contribution in [0.1, 0.15) is 22.2 Å². The average molecular weight is 382 g/mol. The first-order chi connectivity index (χ1) is 11.7. The summed E-state index contributed by atoms with van der Waals surface area (Å²) < 4.78 is 26.6. The minimum absolute atomic E-state index is 0.0870. The second-order valence-corrected chi connectivity index (χ2v) is 8.61. The number of aromatic carboxylic acids is 1. The molecule has 0 bridgehead atoms. The number of carbonyl (C=O) groups is 2. The molecule has 0 unspecified atom stereocenters. The first kappa shape index (κ1) is 18.9. The smallest absolute Gasteiger partial charge is 0.337 e. The van der Waals surface area contributed by atoms with Crippen molar-refractivity contribution < 1.29 is 23.1 Å². The van der Waals surface area contributed by atoms with Crippen LogP contribution in [0.3, 0.4) is 0 Å². The number of amides is 1. The Hall–Kier alpha value is -2.39. The highest BCUT2D eigenvalue weighted by Gasteiger charge is 2.26. The second kappa shape index (κ2) is 7.66. The fraction of sp³-hybridized carbons (Fsp3) is 0.250. The van der Waals surface area contributed by atoms with E-state index in [2.05, 4.69) is 5.32 Å². The molecule has 2 N–H and O–H groups in total. The number of hydrogen-bond acceptors (Lipinski definition) is 5. The summed E-state index contributed by atoms with van der Waals surface area (Å²) >= 11 is 1.10. The third-order valence-corrected chi connectivity index (χ3v) is 6.85. The Morgan fingerprint density at radius 1 is 1.20 bits per heavy atom. The maximum absolute atomic E-state index is 12.8. The van der Waals surface area contributed by atoms with Gasteiger partial charge < -0.3 is 10.4 Å². The lowest BCUT2D eigenvalue weighted by Gasteiger charge is -2.20. The summed E-state index contributed by atoms with van der Waals surface area (Å²) in [5.74, 6) is -1.34. The topological polar surface area (TPSA) is 104 Å². The molecule has 0 fully saturated rings. The van der Waals surface area contributed by atoms with E-state index < -0.39 is 16.0 Å². The van der Waals surface area contributed by atoms with Gasteiger partial charge in [-0.05, 0) is 30.7 Å². The van der Waals surface area contributed by atoms with Crippen LogP contribution in [0.15, 0.2) is 40.6 Å². The van der Waals surface area contributed by atoms with Crippen molar-refractivity contribution in [1.82, 2.24) is 5.32 Å². The van der Waals surface area contributed by atoms with Gasteiger partial charge in [-0.2, -0.15) is 0 Å². The zero-order valence-electron chi connectivity index (χ0n) is 13.7. The van der Waals surface area contributed by atoms with Gasteiger partial charge >= 0.3 is 5.97 Å². The van der Waals surface area contributed by atoms with E-state index in [-0.39, 0.29) is 21.4 Å². The van der Waals surface area contributed by atoms with Crippen LogP contribution in [0.25, 0.3) is 0 Å². The molecule has 1 aromatic carbocycles. The van der Waals surface area contributed by atoms with E-state index in [4.69, 9.17) is 0 Å². The number of carbonyl (C=O) groups excluding carboxylic acids is 1. The van der Waals surface area contributed by atoms with E-state index in [1.54, 1.807) is 18.2 Å². The van der Waals surface area contributed by atoms with E-state index in [1.807, 2.05) is 0 Å². The molecule has 7 nitrogen and oxygen atoms in total. The second-order valence-electron chi connectivity index (χ2n) is 5.25. The van der Waals surface area contributed by atoms with Crippen molar-refractivity contribution in [2.45, 2.75) is 17.6 Å². The zero-order chi connectivity index (χ0) is 18.6. The lowest BCUT2D eigenvalue weighted by Crippen LogP contribution is -2.27. The summed E-state index contributed by atoms with van der Waals surface area (Å²) in [4.78, 5) is 23.0. The highest BCUT2D eigenvalue weighted by atomic mass is 32.2. The maximum Gasteiger partial charge on any atom is 0.337 e. The highest BCUT2D eigenvalue weighted by Crippen LogP contribution is 2.29. The number of anilines is 1. The molecule has 25 heavy (non-hydrogen) atoms. The number of sulfonamides is 1. The van der Waals surface area contributed by atoms with Crippen molar-refractivity contribution in [2.24, 2.45) is 0 Å². The Morgan fingerprint density at radius 3 is 2.52 bits per heavy atom. The molecule has 0 saturated carbocycles. The molecule has 9 heteroatoms. The van der Waals surface area contributed by atoms with Crippen LogP contribution in [0.4, 0.5) is 5.69 Å². The van der Waals surface area contributed by atoms with Crippen LogP contribution in [-0.2, 0) is 21.2 Å². The largest absolute Gasteiger partial charge is 0.478 e. The molecule has 0 aliphatic rings. The van der Waals surface area contributed by atoms with E-state index in [1.165, 1.54) is 32.2 Å². The van der Waals surface area contributed by atoms with Gasteiger partial charge in [-0.1, -0.05) is 12.1 Å². The van der Waals surface area contributed by atoms with Crippen molar-refractivity contribution in [3.63, 3.8) is 0 Å². The van der Waals surface area contributed by atoms with Gasteiger partial charge in [0.25, 0.3) is 10.0 Å². The number of nitrogens with zero attached hydrogens (tertiary/aromatic N) is 1. The van der Waals surface area contributed by atoms with Gasteiger partial charge in [0.2, 0.25) is 5.91 Å². The number of para-hydroxylation sites is 1. The Bertz CT molecular complexity index is 889. The van der Waals surface area contributed by atoms with Gasteiger partial charge in [-0.3, -0.25) is 9.10 Å². The zero-order valence-corrected chi connectivity index (χ0v) is 15.4. The van der Waals surface area contributed by atoms with Crippen LogP contribution in [0.5, 0.6) is 0 Å². The Labute approximate surface area is 150 Å². The summed E-state index contributed by atoms with van der Waals surface area (Å²) in [6, 6.07) is 9.11. The minimum atomic E-state index is -3.87. The van der Waals surface area contributed by atoms with Gasteiger partial charge in [0.05, 0.1) is 11.3 Å². The fourth-order valence-corrected chi connectivity index (χ4v) is 4.93. The quantitative estimate of drug-likeness (QED) is 0.762. The number of benzene rings is 1. The summed E-state index contributed by atoms with van der Waals surface area (Å²) in [6.45, 7) is 1.84. The van der Waals surface area contributed by atoms with Crippen molar-refractivity contribution in [1.29, 1.82) is 0 Å². The molecule has 1 heterocycles. The molecule has 2 rings (SSSR count). The normalized spacial score (nSPS) is 11.1. The molecule has 134 valence electrons. The predicted octanol–water partition coefficient (Wildman–Crippen LogP) is 1.95. The number of hydrogen-bond donors (Lipinski definition) is 2. The monoisotopic (exact) mass is 382 g/mol. The van der Waals surface area contributed by atoms with E-state index in [0.29, 0.717) is 13.0 Å². The van der Waals surface area contributed by atoms with Crippen molar-refractivity contribution in [3.05, 3.63) is 46.8 Å². The molecule has 1 amide bonds. The van der Waals surface area contributed by atoms with Crippen molar-refractivity contribution in [3.8, 4) is 0 Å². The van der Waals surface area contributed by atoms with Crippen molar-refractivity contribution >= 4 is 38.9 Å². The summed E-state index contributed by atoms with van der Waals surface area (Å²) in [6.07, 6.45) is 0.523. The minimum Gasteiger partial charge on any atom is -0.478 e. The van der Waals surface area contributed by atoms with Crippen LogP contribution in [0.2, 0.25) is 0 Å². The Morgan fingerprint density at radius 2 is 1.88 bits per heavy atom. The third-order valence-electron chi connectivity index (χ3n) is 3.47. The lowest BCUT2D eigenvalue weighted by atomic mass is 10.2. The molecule has 2 aromatic rings. The van der Waals surface area contributed by atoms with Gasteiger partial charge in [0.15, 0.2) is 0 Å². The summed E-state index contributed by atoms with van der Waals surface area (Å²) in [7, 11) is -2.54. The average Bonchev–Trinajstić information content (AvgIpc) is 3.03. The van der Waals surface area contributed by atoms with E-state index >= 15 is 0 Å². The molecule has 0 spiro atoms. The molecule has 1 aromatic heterocycles. The number of nitrogens with one attached hydrogen (secondary N) is 1. The molecule has 0 saturated heterocycles. The molecular weight excluding hydrogens is 364 g/mol. The van der Waals surface area contributed by atoms with Crippen LogP contribution < -0.4 is 9.62 Å². The Kier molecular flexibility index (Phi) is 5.81. The molecular formula is C16H18N2O5S2. The van der Waals surface area contributed by atoms with Crippen LogP contribution in [0, 0.1) is 0 Å². The van der Waals surface area contributed by atoms with Crippen LogP contribution >= 0.6 is 11.3 Å². The summed E-state index contributed by atoms with van der Waals surface area (Å²) in [5.41, 5.74) is 0.0132. The number of thiophene rings is 1. The first-order valence-corrected chi connectivity index (χ1v) is 9.63. The van der Waals surface area contributed by atoms with Crippen LogP contribution in [-0.4, -0.2) is 39.0 Å². The number of rotatable bonds is 7. The predicted molar refractivity (Wildman–Crippen MR) is 95.7 cm³/mol. The third kappa shape index (κ3) is 4.37. The van der Waals surface area contributed by atoms with E-state index in [0.717, 1.165) is 20.5 Å². The van der Waals surface area contributed by atoms with E-state index in [9.17, 15) is 23.1 Å². The molecule has 0 aliphatic heterocycles. The Balaban J connectivity index is 2.25. The molecule has 0 atom stereocenters. The van der Waals surface area contributed by atoms with Gasteiger partial charge in [-0.15, -0.1) is 11.3 Å².